The van der Waals surface area contributed by atoms with Crippen LogP contribution in [0.1, 0.15) is 17.3 Å². The molecule has 1 aromatic carbocycles. The topological polar surface area (TPSA) is 80.1 Å². The average molecular weight is 374 g/mol. The molecule has 8 nitrogen and oxygen atoms in total. The molecule has 1 amide bonds. The molecule has 1 aromatic heterocycles. The lowest BCUT2D eigenvalue weighted by atomic mass is 10.1. The van der Waals surface area contributed by atoms with Gasteiger partial charge in [-0.25, -0.2) is 4.98 Å². The summed E-state index contributed by atoms with van der Waals surface area (Å²) in [6.07, 6.45) is -0.639. The summed E-state index contributed by atoms with van der Waals surface area (Å²) < 4.78 is 12.8. The molecule has 1 N–H and O–H groups in total. The lowest BCUT2D eigenvalue weighted by Gasteiger charge is -2.28. The second-order valence-corrected chi connectivity index (χ2v) is 7.04. The number of rotatable bonds is 4. The van der Waals surface area contributed by atoms with Crippen molar-refractivity contribution in [1.82, 2.24) is 14.5 Å². The van der Waals surface area contributed by atoms with E-state index in [9.17, 15) is 9.90 Å². The molecule has 0 aliphatic carbocycles. The van der Waals surface area contributed by atoms with Crippen LogP contribution in [0.3, 0.4) is 0 Å². The molecule has 2 atom stereocenters. The molecule has 0 bridgehead atoms. The number of aliphatic hydroxyl groups is 1. The summed E-state index contributed by atoms with van der Waals surface area (Å²) in [5.74, 6) is 0.789. The fourth-order valence-corrected chi connectivity index (χ4v) is 3.89. The highest BCUT2D eigenvalue weighted by atomic mass is 16.5. The fraction of sp³-hybridized carbons (Fsp3) is 0.579. The highest BCUT2D eigenvalue weighted by molar-refractivity contribution is 5.98. The van der Waals surface area contributed by atoms with E-state index < -0.39 is 6.10 Å². The van der Waals surface area contributed by atoms with Gasteiger partial charge in [0.25, 0.3) is 5.91 Å². The number of imidazole rings is 1. The second-order valence-electron chi connectivity index (χ2n) is 7.04. The van der Waals surface area contributed by atoms with Crippen molar-refractivity contribution in [2.24, 2.45) is 7.05 Å². The quantitative estimate of drug-likeness (QED) is 0.846. The number of nitrogens with zero attached hydrogens (tertiary/aromatic N) is 4. The van der Waals surface area contributed by atoms with E-state index in [-0.39, 0.29) is 18.6 Å². The predicted molar refractivity (Wildman–Crippen MR) is 101 cm³/mol. The molecular weight excluding hydrogens is 348 g/mol. The van der Waals surface area contributed by atoms with Gasteiger partial charge in [0.2, 0.25) is 5.95 Å². The van der Waals surface area contributed by atoms with Gasteiger partial charge in [-0.15, -0.1) is 0 Å². The third-order valence-corrected chi connectivity index (χ3v) is 5.42. The van der Waals surface area contributed by atoms with E-state index >= 15 is 0 Å². The smallest absolute Gasteiger partial charge is 0.254 e. The second kappa shape index (κ2) is 7.46. The number of hydrogen-bond donors (Lipinski definition) is 1. The Kier molecular flexibility index (Phi) is 5.03. The number of anilines is 1. The summed E-state index contributed by atoms with van der Waals surface area (Å²) in [5.41, 5.74) is 2.36. The van der Waals surface area contributed by atoms with Gasteiger partial charge in [0.1, 0.15) is 0 Å². The first-order valence-corrected chi connectivity index (χ1v) is 9.46. The van der Waals surface area contributed by atoms with Gasteiger partial charge >= 0.3 is 0 Å². The largest absolute Gasteiger partial charge is 0.388 e. The molecule has 27 heavy (non-hydrogen) atoms. The number of fused-ring (bicyclic) bond motifs is 1. The molecule has 0 radical (unpaired) electrons. The zero-order valence-corrected chi connectivity index (χ0v) is 15.8. The van der Waals surface area contributed by atoms with E-state index in [2.05, 4.69) is 9.47 Å². The third kappa shape index (κ3) is 3.28. The first-order chi connectivity index (χ1) is 13.1. The van der Waals surface area contributed by atoms with E-state index in [1.165, 1.54) is 0 Å². The molecule has 2 aromatic rings. The number of aliphatic hydroxyl groups excluding tert-OH is 1. The normalized spacial score (nSPS) is 23.1. The van der Waals surface area contributed by atoms with Crippen LogP contribution in [-0.4, -0.2) is 83.7 Å². The van der Waals surface area contributed by atoms with Crippen LogP contribution in [-0.2, 0) is 16.5 Å². The van der Waals surface area contributed by atoms with E-state index in [0.29, 0.717) is 31.9 Å². The molecule has 8 heteroatoms. The first-order valence-electron chi connectivity index (χ1n) is 9.46. The zero-order valence-electron chi connectivity index (χ0n) is 15.8. The molecule has 2 aliphatic heterocycles. The summed E-state index contributed by atoms with van der Waals surface area (Å²) >= 11 is 0. The summed E-state index contributed by atoms with van der Waals surface area (Å²) in [6.45, 7) is 6.10. The lowest BCUT2D eigenvalue weighted by Crippen LogP contribution is -2.46. The fourth-order valence-electron chi connectivity index (χ4n) is 3.89. The van der Waals surface area contributed by atoms with Crippen LogP contribution >= 0.6 is 0 Å². The van der Waals surface area contributed by atoms with Crippen molar-refractivity contribution in [3.8, 4) is 0 Å². The van der Waals surface area contributed by atoms with Gasteiger partial charge in [0.05, 0.1) is 49.6 Å². The predicted octanol–water partition coefficient (Wildman–Crippen LogP) is 0.632. The number of aryl methyl sites for hydroxylation is 1. The van der Waals surface area contributed by atoms with Gasteiger partial charge in [-0.3, -0.25) is 4.79 Å². The molecule has 0 saturated carbocycles. The molecule has 3 heterocycles. The van der Waals surface area contributed by atoms with Crippen molar-refractivity contribution in [2.75, 3.05) is 51.0 Å². The van der Waals surface area contributed by atoms with Gasteiger partial charge < -0.3 is 28.9 Å². The van der Waals surface area contributed by atoms with Gasteiger partial charge in [0.15, 0.2) is 0 Å². The minimum Gasteiger partial charge on any atom is -0.388 e. The van der Waals surface area contributed by atoms with Crippen LogP contribution in [0.4, 0.5) is 5.95 Å². The lowest BCUT2D eigenvalue weighted by molar-refractivity contribution is 0.0521. The summed E-state index contributed by atoms with van der Waals surface area (Å²) in [4.78, 5) is 21.7. The van der Waals surface area contributed by atoms with Crippen molar-refractivity contribution in [1.29, 1.82) is 0 Å². The number of carbonyl (C=O) groups excluding carboxylic acids is 1. The van der Waals surface area contributed by atoms with Crippen molar-refractivity contribution in [3.05, 3.63) is 23.8 Å². The highest BCUT2D eigenvalue weighted by Crippen LogP contribution is 2.24. The SMILES string of the molecule is CCN(C(=O)c1ccc2c(c1)nc(N1CCOCC1)n2C)[C@H]1COC[C@@H]1O. The Morgan fingerprint density at radius 1 is 1.30 bits per heavy atom. The van der Waals surface area contributed by atoms with E-state index in [1.807, 2.05) is 32.2 Å². The Balaban J connectivity index is 1.63. The van der Waals surface area contributed by atoms with Gasteiger partial charge in [-0.05, 0) is 25.1 Å². The van der Waals surface area contributed by atoms with E-state index in [4.69, 9.17) is 14.5 Å². The van der Waals surface area contributed by atoms with Crippen LogP contribution in [0.5, 0.6) is 0 Å². The van der Waals surface area contributed by atoms with E-state index in [0.717, 1.165) is 30.1 Å². The third-order valence-electron chi connectivity index (χ3n) is 5.42. The molecule has 4 rings (SSSR count). The number of benzene rings is 1. The standard InChI is InChI=1S/C19H26N4O4/c1-3-23(16-11-27-12-17(16)24)18(25)13-4-5-15-14(10-13)20-19(21(15)2)22-6-8-26-9-7-22/h4-5,10,16-17,24H,3,6-9,11-12H2,1-2H3/t16-,17-/m0/s1. The molecule has 2 saturated heterocycles. The first kappa shape index (κ1) is 18.2. The minimum absolute atomic E-state index is 0.104. The number of hydrogen-bond acceptors (Lipinski definition) is 6. The molecular formula is C19H26N4O4. The van der Waals surface area contributed by atoms with Crippen LogP contribution < -0.4 is 4.90 Å². The maximum absolute atomic E-state index is 13.0. The van der Waals surface area contributed by atoms with Crippen molar-refractivity contribution >= 4 is 22.9 Å². The molecule has 0 unspecified atom stereocenters. The summed E-state index contributed by atoms with van der Waals surface area (Å²) in [7, 11) is 1.99. The Morgan fingerprint density at radius 2 is 2.07 bits per heavy atom. The highest BCUT2D eigenvalue weighted by Gasteiger charge is 2.34. The molecule has 146 valence electrons. The van der Waals surface area contributed by atoms with Gasteiger partial charge in [-0.2, -0.15) is 0 Å². The minimum atomic E-state index is -0.639. The van der Waals surface area contributed by atoms with Gasteiger partial charge in [0, 0.05) is 32.2 Å². The zero-order chi connectivity index (χ0) is 19.0. The van der Waals surface area contributed by atoms with Crippen molar-refractivity contribution in [3.63, 3.8) is 0 Å². The van der Waals surface area contributed by atoms with Crippen molar-refractivity contribution < 1.29 is 19.4 Å². The van der Waals surface area contributed by atoms with Crippen molar-refractivity contribution in [2.45, 2.75) is 19.1 Å². The molecule has 0 spiro atoms. The number of carbonyl (C=O) groups is 1. The Bertz CT molecular complexity index is 830. The maximum atomic E-state index is 13.0. The van der Waals surface area contributed by atoms with Crippen LogP contribution in [0.25, 0.3) is 11.0 Å². The summed E-state index contributed by atoms with van der Waals surface area (Å²) in [5, 5.41) is 10.1. The number of morpholine rings is 1. The Labute approximate surface area is 158 Å². The average Bonchev–Trinajstić information content (AvgIpc) is 3.26. The van der Waals surface area contributed by atoms with E-state index in [1.54, 1.807) is 4.90 Å². The van der Waals surface area contributed by atoms with Crippen LogP contribution in [0.2, 0.25) is 0 Å². The number of ether oxygens (including phenoxy) is 2. The monoisotopic (exact) mass is 374 g/mol. The molecule has 2 aliphatic rings. The Morgan fingerprint density at radius 3 is 2.74 bits per heavy atom. The van der Waals surface area contributed by atoms with Crippen LogP contribution in [0.15, 0.2) is 18.2 Å². The van der Waals surface area contributed by atoms with Gasteiger partial charge in [-0.1, -0.05) is 0 Å². The van der Waals surface area contributed by atoms with Crippen LogP contribution in [0, 0.1) is 0 Å². The number of likely N-dealkylation sites (N-methyl/N-ethyl adjacent to an activating group) is 1. The Hall–Kier alpha value is -2.16. The number of aromatic nitrogens is 2. The maximum Gasteiger partial charge on any atom is 0.254 e. The molecule has 2 fully saturated rings. The number of amides is 1. The summed E-state index contributed by atoms with van der Waals surface area (Å²) in [6, 6.07) is 5.31.